The normalized spacial score (nSPS) is 14.7. The molecule has 1 aliphatic heterocycles. The van der Waals surface area contributed by atoms with Crippen LogP contribution in [0.3, 0.4) is 0 Å². The fraction of sp³-hybridized carbons (Fsp3) is 0.200. The molecule has 1 fully saturated rings. The van der Waals surface area contributed by atoms with Gasteiger partial charge in [0.2, 0.25) is 0 Å². The fourth-order valence-corrected chi connectivity index (χ4v) is 4.21. The molecule has 0 bridgehead atoms. The molecule has 0 unspecified atom stereocenters. The molecule has 1 aliphatic rings. The SMILES string of the molecule is CN1CCN(c2ccc(NC(=O)c3cc(F)cc4c(=O)c5cc(F)ccc5[nH]c34)cc2)CC1. The van der Waals surface area contributed by atoms with E-state index in [4.69, 9.17) is 0 Å². The van der Waals surface area contributed by atoms with Gasteiger partial charge in [-0.25, -0.2) is 8.78 Å². The van der Waals surface area contributed by atoms with Gasteiger partial charge in [-0.05, 0) is 61.6 Å². The van der Waals surface area contributed by atoms with Crippen molar-refractivity contribution in [3.8, 4) is 0 Å². The average Bonchev–Trinajstić information content (AvgIpc) is 2.81. The summed E-state index contributed by atoms with van der Waals surface area (Å²) in [5.41, 5.74) is 1.65. The standard InChI is InChI=1S/C25H22F2N4O2/c1-30-8-10-31(11-9-30)18-5-3-17(4-6-18)28-25(33)21-14-16(27)13-20-23(21)29-22-7-2-15(26)12-19(22)24(20)32/h2-7,12-14H,8-11H2,1H3,(H,28,33)(H,29,32). The number of carbonyl (C=O) groups is 1. The first-order chi connectivity index (χ1) is 15.9. The van der Waals surface area contributed by atoms with Crippen molar-refractivity contribution in [2.75, 3.05) is 43.4 Å². The number of nitrogens with zero attached hydrogens (tertiary/aromatic N) is 2. The van der Waals surface area contributed by atoms with Gasteiger partial charge in [0.1, 0.15) is 11.6 Å². The lowest BCUT2D eigenvalue weighted by molar-refractivity contribution is 0.102. The number of nitrogens with one attached hydrogen (secondary N) is 2. The Balaban J connectivity index is 1.46. The van der Waals surface area contributed by atoms with Crippen LogP contribution in [0.4, 0.5) is 20.2 Å². The van der Waals surface area contributed by atoms with E-state index in [-0.39, 0.29) is 21.9 Å². The molecule has 0 saturated carbocycles. The Morgan fingerprint density at radius 2 is 1.61 bits per heavy atom. The molecule has 1 amide bonds. The van der Waals surface area contributed by atoms with Gasteiger partial charge in [-0.1, -0.05) is 0 Å². The second-order valence-electron chi connectivity index (χ2n) is 8.31. The zero-order chi connectivity index (χ0) is 23.1. The molecule has 2 heterocycles. The summed E-state index contributed by atoms with van der Waals surface area (Å²) in [6, 6.07) is 13.4. The van der Waals surface area contributed by atoms with E-state index in [0.29, 0.717) is 11.2 Å². The van der Waals surface area contributed by atoms with Gasteiger partial charge in [-0.15, -0.1) is 0 Å². The largest absolute Gasteiger partial charge is 0.369 e. The molecule has 4 aromatic rings. The second-order valence-corrected chi connectivity index (χ2v) is 8.31. The first kappa shape index (κ1) is 21.1. The number of fused-ring (bicyclic) bond motifs is 2. The number of hydrogen-bond donors (Lipinski definition) is 2. The van der Waals surface area contributed by atoms with E-state index in [1.54, 1.807) is 12.1 Å². The average molecular weight is 448 g/mol. The quantitative estimate of drug-likeness (QED) is 0.466. The Morgan fingerprint density at radius 1 is 0.909 bits per heavy atom. The van der Waals surface area contributed by atoms with Crippen LogP contribution >= 0.6 is 0 Å². The molecule has 5 rings (SSSR count). The third-order valence-electron chi connectivity index (χ3n) is 6.07. The molecule has 1 saturated heterocycles. The Bertz CT molecular complexity index is 1420. The van der Waals surface area contributed by atoms with Gasteiger partial charge in [0.15, 0.2) is 5.43 Å². The van der Waals surface area contributed by atoms with Crippen LogP contribution in [0.25, 0.3) is 21.8 Å². The molecule has 168 valence electrons. The lowest BCUT2D eigenvalue weighted by atomic mass is 10.0. The number of carbonyl (C=O) groups excluding carboxylic acids is 1. The van der Waals surface area contributed by atoms with Crippen LogP contribution in [-0.4, -0.2) is 49.0 Å². The number of aromatic nitrogens is 1. The number of aromatic amines is 1. The summed E-state index contributed by atoms with van der Waals surface area (Å²) in [5.74, 6) is -1.84. The highest BCUT2D eigenvalue weighted by Crippen LogP contribution is 2.23. The molecule has 0 atom stereocenters. The lowest BCUT2D eigenvalue weighted by Gasteiger charge is -2.34. The maximum atomic E-state index is 14.3. The van der Waals surface area contributed by atoms with Gasteiger partial charge in [-0.2, -0.15) is 0 Å². The smallest absolute Gasteiger partial charge is 0.257 e. The van der Waals surface area contributed by atoms with Crippen molar-refractivity contribution < 1.29 is 13.6 Å². The number of likely N-dealkylation sites (N-methyl/N-ethyl adjacent to an activating group) is 1. The number of H-pyrrole nitrogens is 1. The molecule has 0 spiro atoms. The Morgan fingerprint density at radius 3 is 2.33 bits per heavy atom. The van der Waals surface area contributed by atoms with Crippen LogP contribution in [0.5, 0.6) is 0 Å². The lowest BCUT2D eigenvalue weighted by Crippen LogP contribution is -2.44. The highest BCUT2D eigenvalue weighted by atomic mass is 19.1. The van der Waals surface area contributed by atoms with E-state index in [9.17, 15) is 18.4 Å². The third kappa shape index (κ3) is 4.05. The van der Waals surface area contributed by atoms with E-state index in [2.05, 4.69) is 27.1 Å². The number of rotatable bonds is 3. The summed E-state index contributed by atoms with van der Waals surface area (Å²) in [7, 11) is 2.10. The van der Waals surface area contributed by atoms with Gasteiger partial charge in [0.05, 0.1) is 11.1 Å². The predicted molar refractivity (Wildman–Crippen MR) is 126 cm³/mol. The zero-order valence-corrected chi connectivity index (χ0v) is 18.0. The Kier molecular flexibility index (Phi) is 5.30. The summed E-state index contributed by atoms with van der Waals surface area (Å²) in [6.45, 7) is 3.85. The second kappa shape index (κ2) is 8.29. The number of pyridine rings is 1. The molecule has 6 nitrogen and oxygen atoms in total. The van der Waals surface area contributed by atoms with Crippen molar-refractivity contribution in [3.63, 3.8) is 0 Å². The number of benzene rings is 3. The molecule has 0 aliphatic carbocycles. The number of piperazine rings is 1. The van der Waals surface area contributed by atoms with Crippen LogP contribution in [0.15, 0.2) is 59.4 Å². The summed E-state index contributed by atoms with van der Waals surface area (Å²) in [4.78, 5) is 33.4. The molecule has 8 heteroatoms. The molecule has 0 radical (unpaired) electrons. The predicted octanol–water partition coefficient (Wildman–Crippen LogP) is 3.96. The van der Waals surface area contributed by atoms with Crippen molar-refractivity contribution in [3.05, 3.63) is 82.0 Å². The monoisotopic (exact) mass is 448 g/mol. The minimum absolute atomic E-state index is 0.00327. The van der Waals surface area contributed by atoms with Crippen molar-refractivity contribution in [1.29, 1.82) is 0 Å². The summed E-state index contributed by atoms with van der Waals surface area (Å²) in [6.07, 6.45) is 0. The van der Waals surface area contributed by atoms with E-state index < -0.39 is 23.0 Å². The minimum atomic E-state index is -0.723. The molecular formula is C25H22F2N4O2. The van der Waals surface area contributed by atoms with Crippen LogP contribution < -0.4 is 15.6 Å². The number of halogens is 2. The van der Waals surface area contributed by atoms with Gasteiger partial charge in [-0.3, -0.25) is 9.59 Å². The summed E-state index contributed by atoms with van der Waals surface area (Å²) >= 11 is 0. The molecule has 33 heavy (non-hydrogen) atoms. The van der Waals surface area contributed by atoms with Crippen LogP contribution in [-0.2, 0) is 0 Å². The maximum absolute atomic E-state index is 14.3. The zero-order valence-electron chi connectivity index (χ0n) is 18.0. The third-order valence-corrected chi connectivity index (χ3v) is 6.07. The summed E-state index contributed by atoms with van der Waals surface area (Å²) < 4.78 is 27.9. The Hall–Kier alpha value is -3.78. The van der Waals surface area contributed by atoms with Crippen LogP contribution in [0, 0.1) is 11.6 Å². The highest BCUT2D eigenvalue weighted by molar-refractivity contribution is 6.13. The van der Waals surface area contributed by atoms with E-state index in [1.807, 2.05) is 12.1 Å². The number of hydrogen-bond acceptors (Lipinski definition) is 4. The molecule has 1 aromatic heterocycles. The van der Waals surface area contributed by atoms with Crippen molar-refractivity contribution in [2.45, 2.75) is 0 Å². The summed E-state index contributed by atoms with van der Waals surface area (Å²) in [5, 5.41) is 2.86. The van der Waals surface area contributed by atoms with Crippen molar-refractivity contribution in [1.82, 2.24) is 9.88 Å². The van der Waals surface area contributed by atoms with Crippen molar-refractivity contribution >= 4 is 39.1 Å². The minimum Gasteiger partial charge on any atom is -0.369 e. The topological polar surface area (TPSA) is 68.4 Å². The van der Waals surface area contributed by atoms with E-state index >= 15 is 0 Å². The highest BCUT2D eigenvalue weighted by Gasteiger charge is 2.18. The number of anilines is 2. The van der Waals surface area contributed by atoms with E-state index in [0.717, 1.165) is 50.1 Å². The van der Waals surface area contributed by atoms with Crippen LogP contribution in [0.1, 0.15) is 10.4 Å². The number of amides is 1. The first-order valence-electron chi connectivity index (χ1n) is 10.7. The van der Waals surface area contributed by atoms with Gasteiger partial charge >= 0.3 is 0 Å². The molecular weight excluding hydrogens is 426 g/mol. The Labute approximate surface area is 188 Å². The maximum Gasteiger partial charge on any atom is 0.257 e. The van der Waals surface area contributed by atoms with Gasteiger partial charge in [0.25, 0.3) is 5.91 Å². The van der Waals surface area contributed by atoms with Gasteiger partial charge in [0, 0.05) is 53.8 Å². The van der Waals surface area contributed by atoms with Gasteiger partial charge < -0.3 is 20.1 Å². The van der Waals surface area contributed by atoms with Crippen molar-refractivity contribution in [2.24, 2.45) is 0 Å². The van der Waals surface area contributed by atoms with Crippen LogP contribution in [0.2, 0.25) is 0 Å². The fourth-order valence-electron chi connectivity index (χ4n) is 4.21. The first-order valence-corrected chi connectivity index (χ1v) is 10.7. The molecule has 2 N–H and O–H groups in total. The van der Waals surface area contributed by atoms with E-state index in [1.165, 1.54) is 12.1 Å². The molecule has 3 aromatic carbocycles.